The Morgan fingerprint density at radius 3 is 2.40 bits per heavy atom. The highest BCUT2D eigenvalue weighted by Gasteiger charge is 2.09. The minimum Gasteiger partial charge on any atom is -0.469 e. The van der Waals surface area contributed by atoms with Gasteiger partial charge in [-0.1, -0.05) is 38.1 Å². The van der Waals surface area contributed by atoms with Crippen LogP contribution in [-0.4, -0.2) is 13.1 Å². The lowest BCUT2D eigenvalue weighted by atomic mass is 9.97. The third-order valence-corrected chi connectivity index (χ3v) is 3.86. The van der Waals surface area contributed by atoms with Crippen molar-refractivity contribution >= 4 is 0 Å². The van der Waals surface area contributed by atoms with Gasteiger partial charge in [0.25, 0.3) is 0 Å². The van der Waals surface area contributed by atoms with Gasteiger partial charge in [0.2, 0.25) is 0 Å². The molecule has 1 unspecified atom stereocenters. The summed E-state index contributed by atoms with van der Waals surface area (Å²) in [4.78, 5) is 0. The summed E-state index contributed by atoms with van der Waals surface area (Å²) < 4.78 is 5.39. The minimum absolute atomic E-state index is 0.491. The molecule has 0 bridgehead atoms. The van der Waals surface area contributed by atoms with E-state index in [-0.39, 0.29) is 0 Å². The minimum atomic E-state index is 0.491. The first kappa shape index (κ1) is 14.9. The summed E-state index contributed by atoms with van der Waals surface area (Å²) >= 11 is 0. The number of furan rings is 1. The molecule has 1 aromatic carbocycles. The van der Waals surface area contributed by atoms with E-state index in [0.29, 0.717) is 12.0 Å². The third kappa shape index (κ3) is 4.24. The molecule has 0 saturated carbocycles. The highest BCUT2D eigenvalue weighted by molar-refractivity contribution is 5.25. The molecule has 0 aliphatic carbocycles. The Labute approximate surface area is 122 Å². The Kier molecular flexibility index (Phi) is 5.42. The molecule has 0 aliphatic rings. The standard InChI is InChI=1S/C18H25NO/c1-14(2)16-8-6-15(7-9-16)13-17(19-3)10-11-18-5-4-12-20-18/h4-9,12,14,17,19H,10-11,13H2,1-3H3. The Bertz CT molecular complexity index is 485. The van der Waals surface area contributed by atoms with Gasteiger partial charge in [-0.3, -0.25) is 0 Å². The van der Waals surface area contributed by atoms with Crippen molar-refractivity contribution in [2.24, 2.45) is 0 Å². The number of rotatable bonds is 7. The van der Waals surface area contributed by atoms with E-state index in [0.717, 1.165) is 25.0 Å². The van der Waals surface area contributed by atoms with Gasteiger partial charge in [0.15, 0.2) is 0 Å². The molecule has 0 fully saturated rings. The molecule has 1 atom stereocenters. The van der Waals surface area contributed by atoms with Crippen molar-refractivity contribution < 1.29 is 4.42 Å². The number of benzene rings is 1. The predicted molar refractivity (Wildman–Crippen MR) is 84.1 cm³/mol. The van der Waals surface area contributed by atoms with Crippen molar-refractivity contribution in [3.05, 3.63) is 59.5 Å². The Hall–Kier alpha value is -1.54. The second-order valence-electron chi connectivity index (χ2n) is 5.70. The van der Waals surface area contributed by atoms with Gasteiger partial charge in [0, 0.05) is 12.5 Å². The summed E-state index contributed by atoms with van der Waals surface area (Å²) in [5.41, 5.74) is 2.80. The molecule has 108 valence electrons. The fraction of sp³-hybridized carbons (Fsp3) is 0.444. The number of aryl methyl sites for hydroxylation is 1. The van der Waals surface area contributed by atoms with Crippen molar-refractivity contribution in [2.45, 2.75) is 45.1 Å². The van der Waals surface area contributed by atoms with E-state index in [2.05, 4.69) is 43.4 Å². The zero-order valence-electron chi connectivity index (χ0n) is 12.7. The molecular weight excluding hydrogens is 246 g/mol. The smallest absolute Gasteiger partial charge is 0.103 e. The molecule has 0 spiro atoms. The van der Waals surface area contributed by atoms with Crippen LogP contribution in [0.1, 0.15) is 43.1 Å². The van der Waals surface area contributed by atoms with E-state index in [1.54, 1.807) is 6.26 Å². The fourth-order valence-corrected chi connectivity index (χ4v) is 2.44. The molecule has 1 N–H and O–H groups in total. The predicted octanol–water partition coefficient (Wildman–Crippen LogP) is 4.17. The van der Waals surface area contributed by atoms with E-state index < -0.39 is 0 Å². The van der Waals surface area contributed by atoms with Gasteiger partial charge in [0.05, 0.1) is 6.26 Å². The molecular formula is C18H25NO. The van der Waals surface area contributed by atoms with Gasteiger partial charge in [-0.2, -0.15) is 0 Å². The van der Waals surface area contributed by atoms with Crippen molar-refractivity contribution in [1.29, 1.82) is 0 Å². The van der Waals surface area contributed by atoms with Crippen LogP contribution in [0.2, 0.25) is 0 Å². The number of hydrogen-bond acceptors (Lipinski definition) is 2. The molecule has 1 aromatic heterocycles. The maximum absolute atomic E-state index is 5.39. The number of hydrogen-bond donors (Lipinski definition) is 1. The Morgan fingerprint density at radius 1 is 1.10 bits per heavy atom. The van der Waals surface area contributed by atoms with E-state index in [4.69, 9.17) is 4.42 Å². The Balaban J connectivity index is 1.88. The van der Waals surface area contributed by atoms with Gasteiger partial charge in [-0.15, -0.1) is 0 Å². The molecule has 0 aliphatic heterocycles. The van der Waals surface area contributed by atoms with E-state index >= 15 is 0 Å². The van der Waals surface area contributed by atoms with Crippen LogP contribution in [0.25, 0.3) is 0 Å². The van der Waals surface area contributed by atoms with E-state index in [1.165, 1.54) is 11.1 Å². The van der Waals surface area contributed by atoms with Crippen molar-refractivity contribution in [2.75, 3.05) is 7.05 Å². The third-order valence-electron chi connectivity index (χ3n) is 3.86. The van der Waals surface area contributed by atoms with E-state index in [1.807, 2.05) is 19.2 Å². The monoisotopic (exact) mass is 271 g/mol. The fourth-order valence-electron chi connectivity index (χ4n) is 2.44. The molecule has 0 saturated heterocycles. The average Bonchev–Trinajstić information content (AvgIpc) is 2.97. The first-order valence-corrected chi connectivity index (χ1v) is 7.47. The number of likely N-dealkylation sites (N-methyl/N-ethyl adjacent to an activating group) is 1. The molecule has 20 heavy (non-hydrogen) atoms. The summed E-state index contributed by atoms with van der Waals surface area (Å²) in [5.74, 6) is 1.67. The van der Waals surface area contributed by atoms with Crippen LogP contribution in [0.4, 0.5) is 0 Å². The number of nitrogens with one attached hydrogen (secondary N) is 1. The van der Waals surface area contributed by atoms with Crippen molar-refractivity contribution in [1.82, 2.24) is 5.32 Å². The summed E-state index contributed by atoms with van der Waals surface area (Å²) in [6.45, 7) is 4.46. The van der Waals surface area contributed by atoms with Crippen LogP contribution in [0.15, 0.2) is 47.1 Å². The zero-order valence-corrected chi connectivity index (χ0v) is 12.7. The summed E-state index contributed by atoms with van der Waals surface area (Å²) in [6, 6.07) is 13.5. The van der Waals surface area contributed by atoms with Crippen LogP contribution in [0.3, 0.4) is 0 Å². The van der Waals surface area contributed by atoms with Crippen LogP contribution >= 0.6 is 0 Å². The van der Waals surface area contributed by atoms with Crippen LogP contribution < -0.4 is 5.32 Å². The molecule has 0 radical (unpaired) electrons. The molecule has 2 aromatic rings. The maximum atomic E-state index is 5.39. The van der Waals surface area contributed by atoms with Gasteiger partial charge in [0.1, 0.15) is 5.76 Å². The SMILES string of the molecule is CNC(CCc1ccco1)Cc1ccc(C(C)C)cc1. The lowest BCUT2D eigenvalue weighted by Crippen LogP contribution is -2.28. The van der Waals surface area contributed by atoms with Crippen molar-refractivity contribution in [3.8, 4) is 0 Å². The van der Waals surface area contributed by atoms with Crippen LogP contribution in [-0.2, 0) is 12.8 Å². The second-order valence-corrected chi connectivity index (χ2v) is 5.70. The molecule has 2 rings (SSSR count). The van der Waals surface area contributed by atoms with Crippen molar-refractivity contribution in [3.63, 3.8) is 0 Å². The molecule has 0 amide bonds. The normalized spacial score (nSPS) is 12.8. The molecule has 2 nitrogen and oxygen atoms in total. The first-order chi connectivity index (χ1) is 9.69. The van der Waals surface area contributed by atoms with Gasteiger partial charge >= 0.3 is 0 Å². The topological polar surface area (TPSA) is 25.2 Å². The highest BCUT2D eigenvalue weighted by atomic mass is 16.3. The summed E-state index contributed by atoms with van der Waals surface area (Å²) in [5, 5.41) is 3.41. The summed E-state index contributed by atoms with van der Waals surface area (Å²) in [7, 11) is 2.04. The maximum Gasteiger partial charge on any atom is 0.103 e. The first-order valence-electron chi connectivity index (χ1n) is 7.47. The quantitative estimate of drug-likeness (QED) is 0.817. The van der Waals surface area contributed by atoms with E-state index in [9.17, 15) is 0 Å². The van der Waals surface area contributed by atoms with Crippen LogP contribution in [0.5, 0.6) is 0 Å². The van der Waals surface area contributed by atoms with Crippen LogP contribution in [0, 0.1) is 0 Å². The Morgan fingerprint density at radius 2 is 1.85 bits per heavy atom. The molecule has 1 heterocycles. The lowest BCUT2D eigenvalue weighted by molar-refractivity contribution is 0.460. The zero-order chi connectivity index (χ0) is 14.4. The second kappa shape index (κ2) is 7.30. The molecule has 2 heteroatoms. The lowest BCUT2D eigenvalue weighted by Gasteiger charge is -2.16. The average molecular weight is 271 g/mol. The highest BCUT2D eigenvalue weighted by Crippen LogP contribution is 2.16. The van der Waals surface area contributed by atoms with Gasteiger partial charge < -0.3 is 9.73 Å². The van der Waals surface area contributed by atoms with Gasteiger partial charge in [-0.05, 0) is 49.1 Å². The summed E-state index contributed by atoms with van der Waals surface area (Å²) in [6.07, 6.45) is 4.89. The largest absolute Gasteiger partial charge is 0.469 e. The van der Waals surface area contributed by atoms with Gasteiger partial charge in [-0.25, -0.2) is 0 Å².